The number of likely N-dealkylation sites (tertiary alicyclic amines) is 2. The zero-order valence-corrected chi connectivity index (χ0v) is 11.3. The zero-order chi connectivity index (χ0) is 12.4. The number of piperidine rings is 1. The second-order valence-corrected chi connectivity index (χ2v) is 6.33. The molecule has 3 fully saturated rings. The van der Waals surface area contributed by atoms with E-state index in [-0.39, 0.29) is 0 Å². The Morgan fingerprint density at radius 2 is 1.94 bits per heavy atom. The van der Waals surface area contributed by atoms with Crippen molar-refractivity contribution in [1.29, 1.82) is 0 Å². The number of rotatable bonds is 2. The largest absolute Gasteiger partial charge is 0.342 e. The van der Waals surface area contributed by atoms with E-state index >= 15 is 0 Å². The lowest BCUT2D eigenvalue weighted by atomic mass is 9.87. The summed E-state index contributed by atoms with van der Waals surface area (Å²) in [5.74, 6) is 0.359. The van der Waals surface area contributed by atoms with Crippen molar-refractivity contribution in [2.75, 3.05) is 45.8 Å². The van der Waals surface area contributed by atoms with E-state index in [2.05, 4.69) is 15.1 Å². The van der Waals surface area contributed by atoms with E-state index in [0.29, 0.717) is 17.9 Å². The van der Waals surface area contributed by atoms with Crippen LogP contribution in [0.3, 0.4) is 0 Å². The highest BCUT2D eigenvalue weighted by atomic mass is 16.2. The van der Waals surface area contributed by atoms with Gasteiger partial charge in [0.2, 0.25) is 5.91 Å². The molecule has 0 saturated carbocycles. The van der Waals surface area contributed by atoms with E-state index in [0.717, 1.165) is 39.3 Å². The molecule has 0 aromatic carbocycles. The van der Waals surface area contributed by atoms with Gasteiger partial charge in [0.05, 0.1) is 6.54 Å². The lowest BCUT2D eigenvalue weighted by Crippen LogP contribution is -2.42. The molecule has 18 heavy (non-hydrogen) atoms. The molecule has 0 radical (unpaired) electrons. The maximum Gasteiger partial charge on any atom is 0.236 e. The molecule has 4 nitrogen and oxygen atoms in total. The summed E-state index contributed by atoms with van der Waals surface area (Å²) in [7, 11) is 0. The van der Waals surface area contributed by atoms with Crippen molar-refractivity contribution in [2.45, 2.75) is 32.1 Å². The summed E-state index contributed by atoms with van der Waals surface area (Å²) in [6.45, 7) is 7.18. The van der Waals surface area contributed by atoms with Gasteiger partial charge >= 0.3 is 0 Å². The standard InChI is InChI=1S/C14H25N3O/c18-13(17-7-2-1-3-8-17)10-16-9-5-14(12-16)4-6-15-11-14/h15H,1-12H2. The number of carbonyl (C=O) groups excluding carboxylic acids is 1. The minimum absolute atomic E-state index is 0.359. The molecule has 3 heterocycles. The number of nitrogens with one attached hydrogen (secondary N) is 1. The lowest BCUT2D eigenvalue weighted by molar-refractivity contribution is -0.133. The Morgan fingerprint density at radius 1 is 1.11 bits per heavy atom. The van der Waals surface area contributed by atoms with Gasteiger partial charge in [-0.25, -0.2) is 0 Å². The highest BCUT2D eigenvalue weighted by Gasteiger charge is 2.40. The molecular weight excluding hydrogens is 226 g/mol. The number of amides is 1. The van der Waals surface area contributed by atoms with Crippen LogP contribution in [0.15, 0.2) is 0 Å². The third-order valence-electron chi connectivity index (χ3n) is 4.92. The first-order valence-corrected chi connectivity index (χ1v) is 7.48. The molecule has 1 N–H and O–H groups in total. The Kier molecular flexibility index (Phi) is 3.57. The molecule has 102 valence electrons. The Morgan fingerprint density at radius 3 is 2.67 bits per heavy atom. The maximum absolute atomic E-state index is 12.2. The number of hydrogen-bond acceptors (Lipinski definition) is 3. The summed E-state index contributed by atoms with van der Waals surface area (Å²) >= 11 is 0. The molecule has 1 unspecified atom stereocenters. The molecule has 3 aliphatic heterocycles. The van der Waals surface area contributed by atoms with Gasteiger partial charge in [0.15, 0.2) is 0 Å². The molecule has 0 aromatic rings. The van der Waals surface area contributed by atoms with Crippen LogP contribution >= 0.6 is 0 Å². The van der Waals surface area contributed by atoms with Gasteiger partial charge in [-0.15, -0.1) is 0 Å². The van der Waals surface area contributed by atoms with E-state index in [1.165, 1.54) is 32.1 Å². The predicted molar refractivity (Wildman–Crippen MR) is 71.4 cm³/mol. The van der Waals surface area contributed by atoms with E-state index in [9.17, 15) is 4.79 Å². The second kappa shape index (κ2) is 5.17. The molecule has 1 amide bonds. The maximum atomic E-state index is 12.2. The minimum Gasteiger partial charge on any atom is -0.342 e. The van der Waals surface area contributed by atoms with Crippen molar-refractivity contribution in [3.63, 3.8) is 0 Å². The SMILES string of the molecule is O=C(CN1CCC2(CCNC2)C1)N1CCCCC1. The van der Waals surface area contributed by atoms with E-state index in [4.69, 9.17) is 0 Å². The van der Waals surface area contributed by atoms with Crippen molar-refractivity contribution in [1.82, 2.24) is 15.1 Å². The van der Waals surface area contributed by atoms with E-state index in [1.807, 2.05) is 0 Å². The van der Waals surface area contributed by atoms with Crippen molar-refractivity contribution < 1.29 is 4.79 Å². The average molecular weight is 251 g/mol. The minimum atomic E-state index is 0.359. The van der Waals surface area contributed by atoms with Crippen LogP contribution in [0.2, 0.25) is 0 Å². The second-order valence-electron chi connectivity index (χ2n) is 6.33. The normalized spacial score (nSPS) is 33.4. The fourth-order valence-electron chi connectivity index (χ4n) is 3.74. The molecule has 0 aromatic heterocycles. The number of nitrogens with zero attached hydrogens (tertiary/aromatic N) is 2. The van der Waals surface area contributed by atoms with Crippen LogP contribution in [0.4, 0.5) is 0 Å². The quantitative estimate of drug-likeness (QED) is 0.784. The highest BCUT2D eigenvalue weighted by molar-refractivity contribution is 5.78. The first-order valence-electron chi connectivity index (χ1n) is 7.48. The fourth-order valence-corrected chi connectivity index (χ4v) is 3.74. The van der Waals surface area contributed by atoms with Gasteiger partial charge in [0, 0.05) is 26.2 Å². The smallest absolute Gasteiger partial charge is 0.236 e. The number of hydrogen-bond donors (Lipinski definition) is 1. The summed E-state index contributed by atoms with van der Waals surface area (Å²) in [6.07, 6.45) is 6.25. The number of carbonyl (C=O) groups is 1. The van der Waals surface area contributed by atoms with Gasteiger partial charge in [-0.1, -0.05) is 0 Å². The predicted octanol–water partition coefficient (Wildman–Crippen LogP) is 0.684. The summed E-state index contributed by atoms with van der Waals surface area (Å²) in [5, 5.41) is 3.47. The van der Waals surface area contributed by atoms with Crippen LogP contribution in [0.5, 0.6) is 0 Å². The van der Waals surface area contributed by atoms with Crippen molar-refractivity contribution in [3.05, 3.63) is 0 Å². The van der Waals surface area contributed by atoms with Crippen LogP contribution in [0, 0.1) is 5.41 Å². The topological polar surface area (TPSA) is 35.6 Å². The Labute approximate surface area is 110 Å². The van der Waals surface area contributed by atoms with Crippen LogP contribution in [-0.2, 0) is 4.79 Å². The van der Waals surface area contributed by atoms with Crippen LogP contribution in [0.1, 0.15) is 32.1 Å². The molecular formula is C14H25N3O. The molecule has 4 heteroatoms. The molecule has 3 rings (SSSR count). The van der Waals surface area contributed by atoms with Crippen LogP contribution in [0.25, 0.3) is 0 Å². The molecule has 1 atom stereocenters. The van der Waals surface area contributed by atoms with Crippen LogP contribution < -0.4 is 5.32 Å². The zero-order valence-electron chi connectivity index (χ0n) is 11.3. The Balaban J connectivity index is 1.49. The first kappa shape index (κ1) is 12.4. The van der Waals surface area contributed by atoms with E-state index in [1.54, 1.807) is 0 Å². The van der Waals surface area contributed by atoms with Gasteiger partial charge in [-0.2, -0.15) is 0 Å². The van der Waals surface area contributed by atoms with Crippen molar-refractivity contribution in [2.24, 2.45) is 5.41 Å². The average Bonchev–Trinajstić information content (AvgIpc) is 3.02. The Bertz CT molecular complexity index is 306. The lowest BCUT2D eigenvalue weighted by Gasteiger charge is -2.29. The summed E-state index contributed by atoms with van der Waals surface area (Å²) < 4.78 is 0. The van der Waals surface area contributed by atoms with Gasteiger partial charge < -0.3 is 10.2 Å². The third-order valence-corrected chi connectivity index (χ3v) is 4.92. The summed E-state index contributed by atoms with van der Waals surface area (Å²) in [5.41, 5.74) is 0.488. The fraction of sp³-hybridized carbons (Fsp3) is 0.929. The molecule has 0 bridgehead atoms. The van der Waals surface area contributed by atoms with Crippen molar-refractivity contribution >= 4 is 5.91 Å². The molecule has 3 saturated heterocycles. The highest BCUT2D eigenvalue weighted by Crippen LogP contribution is 2.35. The molecule has 0 aliphatic carbocycles. The summed E-state index contributed by atoms with van der Waals surface area (Å²) in [6, 6.07) is 0. The van der Waals surface area contributed by atoms with Gasteiger partial charge in [-0.3, -0.25) is 9.69 Å². The molecule has 3 aliphatic rings. The monoisotopic (exact) mass is 251 g/mol. The van der Waals surface area contributed by atoms with Gasteiger partial charge in [-0.05, 0) is 50.6 Å². The first-order chi connectivity index (χ1) is 8.77. The third kappa shape index (κ3) is 2.54. The Hall–Kier alpha value is -0.610. The molecule has 1 spiro atoms. The van der Waals surface area contributed by atoms with Crippen molar-refractivity contribution in [3.8, 4) is 0 Å². The summed E-state index contributed by atoms with van der Waals surface area (Å²) in [4.78, 5) is 16.7. The van der Waals surface area contributed by atoms with Gasteiger partial charge in [0.1, 0.15) is 0 Å². The van der Waals surface area contributed by atoms with E-state index < -0.39 is 0 Å². The van der Waals surface area contributed by atoms with Gasteiger partial charge in [0.25, 0.3) is 0 Å². The van der Waals surface area contributed by atoms with Crippen LogP contribution in [-0.4, -0.2) is 61.5 Å².